The molecular formula is C18H27ClN2O3. The lowest BCUT2D eigenvalue weighted by molar-refractivity contribution is -0.131. The van der Waals surface area contributed by atoms with Crippen molar-refractivity contribution >= 4 is 18.3 Å². The highest BCUT2D eigenvalue weighted by Gasteiger charge is 2.30. The summed E-state index contributed by atoms with van der Waals surface area (Å²) in [6, 6.07) is 6.96. The van der Waals surface area contributed by atoms with Crippen LogP contribution in [0.5, 0.6) is 11.5 Å². The summed E-state index contributed by atoms with van der Waals surface area (Å²) in [6.45, 7) is 1.75. The van der Waals surface area contributed by atoms with Gasteiger partial charge in [0.15, 0.2) is 11.5 Å². The van der Waals surface area contributed by atoms with Crippen molar-refractivity contribution in [1.82, 2.24) is 10.2 Å². The molecule has 0 aromatic heterocycles. The third-order valence-corrected chi connectivity index (χ3v) is 4.95. The largest absolute Gasteiger partial charge is 0.493 e. The molecule has 2 unspecified atom stereocenters. The van der Waals surface area contributed by atoms with Gasteiger partial charge in [-0.05, 0) is 43.4 Å². The molecule has 24 heavy (non-hydrogen) atoms. The summed E-state index contributed by atoms with van der Waals surface area (Å²) in [5.74, 6) is 1.69. The van der Waals surface area contributed by atoms with Crippen LogP contribution in [0.25, 0.3) is 0 Å². The van der Waals surface area contributed by atoms with Crippen molar-refractivity contribution in [3.8, 4) is 11.5 Å². The van der Waals surface area contributed by atoms with E-state index in [9.17, 15) is 4.79 Å². The fraction of sp³-hybridized carbons (Fsp3) is 0.611. The van der Waals surface area contributed by atoms with Gasteiger partial charge in [0.1, 0.15) is 0 Å². The molecular weight excluding hydrogens is 328 g/mol. The van der Waals surface area contributed by atoms with Crippen molar-refractivity contribution < 1.29 is 14.3 Å². The average molecular weight is 355 g/mol. The molecule has 2 heterocycles. The van der Waals surface area contributed by atoms with Crippen LogP contribution < -0.4 is 14.8 Å². The van der Waals surface area contributed by atoms with Crippen molar-refractivity contribution in [3.63, 3.8) is 0 Å². The third kappa shape index (κ3) is 4.33. The Balaban J connectivity index is 0.00000208. The Morgan fingerprint density at radius 3 is 2.67 bits per heavy atom. The second kappa shape index (κ2) is 8.58. The summed E-state index contributed by atoms with van der Waals surface area (Å²) in [4.78, 5) is 14.6. The summed E-state index contributed by atoms with van der Waals surface area (Å²) in [6.07, 6.45) is 4.82. The van der Waals surface area contributed by atoms with Gasteiger partial charge in [-0.2, -0.15) is 0 Å². The molecule has 1 aromatic carbocycles. The van der Waals surface area contributed by atoms with E-state index in [0.717, 1.165) is 37.2 Å². The average Bonchev–Trinajstić information content (AvgIpc) is 2.91. The molecule has 2 bridgehead atoms. The SMILES string of the molecule is COc1ccc(CCC(=O)N2CCC3CCC(C2)N3)cc1OC.Cl. The number of methoxy groups -OCH3 is 2. The maximum absolute atomic E-state index is 12.5. The molecule has 3 rings (SSSR count). The second-order valence-electron chi connectivity index (χ2n) is 6.46. The van der Waals surface area contributed by atoms with Crippen molar-refractivity contribution in [2.45, 2.75) is 44.2 Å². The summed E-state index contributed by atoms with van der Waals surface area (Å²) in [5, 5.41) is 3.61. The standard InChI is InChI=1S/C18H26N2O3.ClH/c1-22-16-7-3-13(11-17(16)23-2)4-8-18(21)20-10-9-14-5-6-15(12-20)19-14;/h3,7,11,14-15,19H,4-6,8-10,12H2,1-2H3;1H. The van der Waals surface area contributed by atoms with Gasteiger partial charge in [-0.3, -0.25) is 4.79 Å². The summed E-state index contributed by atoms with van der Waals surface area (Å²) in [7, 11) is 3.26. The van der Waals surface area contributed by atoms with Gasteiger partial charge in [-0.25, -0.2) is 0 Å². The van der Waals surface area contributed by atoms with Crippen molar-refractivity contribution in [2.75, 3.05) is 27.3 Å². The lowest BCUT2D eigenvalue weighted by atomic mass is 10.1. The van der Waals surface area contributed by atoms with Crippen LogP contribution in [-0.2, 0) is 11.2 Å². The number of carbonyl (C=O) groups is 1. The Labute approximate surface area is 150 Å². The zero-order valence-electron chi connectivity index (χ0n) is 14.4. The number of hydrogen-bond donors (Lipinski definition) is 1. The van der Waals surface area contributed by atoms with Crippen LogP contribution in [0.2, 0.25) is 0 Å². The van der Waals surface area contributed by atoms with Crippen molar-refractivity contribution in [3.05, 3.63) is 23.8 Å². The summed E-state index contributed by atoms with van der Waals surface area (Å²) in [5.41, 5.74) is 1.10. The van der Waals surface area contributed by atoms with E-state index in [1.54, 1.807) is 14.2 Å². The molecule has 2 atom stereocenters. The number of amides is 1. The number of aryl methyl sites for hydroxylation is 1. The maximum Gasteiger partial charge on any atom is 0.222 e. The van der Waals surface area contributed by atoms with Crippen LogP contribution in [0.15, 0.2) is 18.2 Å². The Morgan fingerprint density at radius 2 is 1.92 bits per heavy atom. The number of fused-ring (bicyclic) bond motifs is 2. The minimum absolute atomic E-state index is 0. The molecule has 1 amide bonds. The van der Waals surface area contributed by atoms with Crippen LogP contribution in [0, 0.1) is 0 Å². The zero-order chi connectivity index (χ0) is 16.2. The van der Waals surface area contributed by atoms with Crippen LogP contribution in [0.1, 0.15) is 31.2 Å². The Bertz CT molecular complexity index is 567. The minimum atomic E-state index is 0. The zero-order valence-corrected chi connectivity index (χ0v) is 15.2. The highest BCUT2D eigenvalue weighted by Crippen LogP contribution is 2.28. The number of halogens is 1. The first-order valence-corrected chi connectivity index (χ1v) is 8.44. The van der Waals surface area contributed by atoms with Crippen LogP contribution in [0.3, 0.4) is 0 Å². The molecule has 1 aromatic rings. The lowest BCUT2D eigenvalue weighted by Gasteiger charge is -2.24. The van der Waals surface area contributed by atoms with E-state index < -0.39 is 0 Å². The first-order valence-electron chi connectivity index (χ1n) is 8.44. The van der Waals surface area contributed by atoms with E-state index in [2.05, 4.69) is 5.32 Å². The van der Waals surface area contributed by atoms with E-state index in [4.69, 9.17) is 9.47 Å². The van der Waals surface area contributed by atoms with E-state index in [0.29, 0.717) is 24.3 Å². The smallest absolute Gasteiger partial charge is 0.222 e. The van der Waals surface area contributed by atoms with E-state index in [1.807, 2.05) is 23.1 Å². The van der Waals surface area contributed by atoms with Crippen LogP contribution in [-0.4, -0.2) is 50.2 Å². The normalized spacial score (nSPS) is 22.5. The number of ether oxygens (including phenoxy) is 2. The topological polar surface area (TPSA) is 50.8 Å². The molecule has 134 valence electrons. The quantitative estimate of drug-likeness (QED) is 0.882. The molecule has 0 radical (unpaired) electrons. The van der Waals surface area contributed by atoms with Gasteiger partial charge >= 0.3 is 0 Å². The van der Waals surface area contributed by atoms with Crippen molar-refractivity contribution in [1.29, 1.82) is 0 Å². The number of rotatable bonds is 5. The Kier molecular flexibility index (Phi) is 6.75. The molecule has 1 N–H and O–H groups in total. The molecule has 0 spiro atoms. The number of nitrogens with zero attached hydrogens (tertiary/aromatic N) is 1. The van der Waals surface area contributed by atoms with E-state index >= 15 is 0 Å². The molecule has 2 aliphatic heterocycles. The monoisotopic (exact) mass is 354 g/mol. The predicted molar refractivity (Wildman–Crippen MR) is 96.3 cm³/mol. The highest BCUT2D eigenvalue weighted by molar-refractivity contribution is 5.85. The number of likely N-dealkylation sites (tertiary alicyclic amines) is 1. The predicted octanol–water partition coefficient (Wildman–Crippen LogP) is 2.41. The molecule has 0 saturated carbocycles. The number of nitrogens with one attached hydrogen (secondary N) is 1. The summed E-state index contributed by atoms with van der Waals surface area (Å²) >= 11 is 0. The van der Waals surface area contributed by atoms with Gasteiger partial charge in [0.25, 0.3) is 0 Å². The van der Waals surface area contributed by atoms with E-state index in [1.165, 1.54) is 12.8 Å². The fourth-order valence-corrected chi connectivity index (χ4v) is 3.62. The molecule has 5 nitrogen and oxygen atoms in total. The van der Waals surface area contributed by atoms with E-state index in [-0.39, 0.29) is 18.3 Å². The first-order chi connectivity index (χ1) is 11.2. The van der Waals surface area contributed by atoms with Gasteiger partial charge in [-0.15, -0.1) is 12.4 Å². The van der Waals surface area contributed by atoms with Crippen LogP contribution in [0.4, 0.5) is 0 Å². The maximum atomic E-state index is 12.5. The van der Waals surface area contributed by atoms with Gasteiger partial charge in [0.05, 0.1) is 14.2 Å². The fourth-order valence-electron chi connectivity index (χ4n) is 3.62. The number of benzene rings is 1. The molecule has 2 aliphatic rings. The minimum Gasteiger partial charge on any atom is -0.493 e. The van der Waals surface area contributed by atoms with Gasteiger partial charge in [0.2, 0.25) is 5.91 Å². The molecule has 2 fully saturated rings. The number of carbonyl (C=O) groups excluding carboxylic acids is 1. The molecule has 2 saturated heterocycles. The Hall–Kier alpha value is -1.46. The highest BCUT2D eigenvalue weighted by atomic mass is 35.5. The van der Waals surface area contributed by atoms with Gasteiger partial charge in [0, 0.05) is 31.6 Å². The summed E-state index contributed by atoms with van der Waals surface area (Å²) < 4.78 is 10.6. The number of hydrogen-bond acceptors (Lipinski definition) is 4. The van der Waals surface area contributed by atoms with Gasteiger partial charge < -0.3 is 19.7 Å². The van der Waals surface area contributed by atoms with Crippen LogP contribution >= 0.6 is 12.4 Å². The molecule has 6 heteroatoms. The lowest BCUT2D eigenvalue weighted by Crippen LogP contribution is -2.39. The van der Waals surface area contributed by atoms with Gasteiger partial charge in [-0.1, -0.05) is 6.07 Å². The second-order valence-corrected chi connectivity index (χ2v) is 6.46. The first kappa shape index (κ1) is 18.9. The van der Waals surface area contributed by atoms with Crippen molar-refractivity contribution in [2.24, 2.45) is 0 Å². The molecule has 0 aliphatic carbocycles. The third-order valence-electron chi connectivity index (χ3n) is 4.95. The Morgan fingerprint density at radius 1 is 1.17 bits per heavy atom.